The summed E-state index contributed by atoms with van der Waals surface area (Å²) in [7, 11) is 0. The van der Waals surface area contributed by atoms with E-state index in [2.05, 4.69) is 4.84 Å². The first-order chi connectivity index (χ1) is 9.90. The van der Waals surface area contributed by atoms with Gasteiger partial charge in [-0.25, -0.2) is 18.8 Å². The minimum atomic E-state index is -2.64. The molecule has 22 heavy (non-hydrogen) atoms. The van der Waals surface area contributed by atoms with Gasteiger partial charge in [-0.3, -0.25) is 4.79 Å². The third kappa shape index (κ3) is 2.72. The molecule has 3 atom stereocenters. The number of halogens is 1. The van der Waals surface area contributed by atoms with E-state index in [4.69, 9.17) is 10.8 Å². The molecular formula is C12H15FLiN3O5. The summed E-state index contributed by atoms with van der Waals surface area (Å²) in [5.41, 5.74) is 6.10. The first kappa shape index (κ1) is 16.8. The Bertz CT molecular complexity index is 559. The molecule has 0 aromatic heterocycles. The Kier molecular flexibility index (Phi) is 4.51. The van der Waals surface area contributed by atoms with Crippen molar-refractivity contribution in [1.29, 1.82) is 0 Å². The van der Waals surface area contributed by atoms with E-state index >= 15 is 0 Å². The Labute approximate surface area is 138 Å². The van der Waals surface area contributed by atoms with E-state index in [9.17, 15) is 18.8 Å². The zero-order valence-corrected chi connectivity index (χ0v) is 11.9. The number of hydrogen-bond acceptors (Lipinski definition) is 4. The van der Waals surface area contributed by atoms with E-state index in [0.29, 0.717) is 5.06 Å². The number of hydrogen-bond donors (Lipinski definition) is 2. The number of carbonyl (C=O) groups excluding carboxylic acids is 2. The van der Waals surface area contributed by atoms with Gasteiger partial charge in [-0.1, -0.05) is 6.08 Å². The average Bonchev–Trinajstić information content (AvgIpc) is 3.23. The molecule has 0 aromatic carbocycles. The fourth-order valence-electron chi connectivity index (χ4n) is 2.81. The van der Waals surface area contributed by atoms with Gasteiger partial charge in [0.25, 0.3) is 0 Å². The number of hydroxylamine groups is 2. The van der Waals surface area contributed by atoms with E-state index in [1.807, 2.05) is 0 Å². The van der Waals surface area contributed by atoms with Crippen LogP contribution in [0.2, 0.25) is 0 Å². The fraction of sp³-hybridized carbons (Fsp3) is 0.583. The Morgan fingerprint density at radius 1 is 1.50 bits per heavy atom. The van der Waals surface area contributed by atoms with Gasteiger partial charge in [-0.05, 0) is 24.3 Å². The summed E-state index contributed by atoms with van der Waals surface area (Å²) in [4.78, 5) is 40.1. The molecule has 10 heteroatoms. The number of urea groups is 1. The van der Waals surface area contributed by atoms with Crippen LogP contribution in [0.15, 0.2) is 11.6 Å². The molecule has 2 heterocycles. The van der Waals surface area contributed by atoms with E-state index in [-0.39, 0.29) is 32.7 Å². The number of nitrogens with zero attached hydrogens (tertiary/aromatic N) is 2. The number of carboxylic acid groups (broad SMARTS) is 1. The Hall–Kier alpha value is -1.56. The molecule has 1 saturated heterocycles. The summed E-state index contributed by atoms with van der Waals surface area (Å²) < 4.78 is 13.2. The van der Waals surface area contributed by atoms with Gasteiger partial charge >= 0.3 is 37.2 Å². The first-order valence-corrected chi connectivity index (χ1v) is 6.54. The second-order valence-electron chi connectivity index (χ2n) is 5.33. The maximum Gasteiger partial charge on any atom is 1.00 e. The van der Waals surface area contributed by atoms with Crippen molar-refractivity contribution in [3.05, 3.63) is 11.6 Å². The summed E-state index contributed by atoms with van der Waals surface area (Å²) in [6.45, 7) is 0.120. The first-order valence-electron chi connectivity index (χ1n) is 6.54. The quantitative estimate of drug-likeness (QED) is 0.408. The molecule has 3 aliphatic rings. The van der Waals surface area contributed by atoms with Crippen molar-refractivity contribution in [2.75, 3.05) is 6.54 Å². The summed E-state index contributed by atoms with van der Waals surface area (Å²) in [6.07, 6.45) is 0.848. The maximum atomic E-state index is 13.2. The van der Waals surface area contributed by atoms with Gasteiger partial charge in [-0.2, -0.15) is 5.06 Å². The topological polar surface area (TPSA) is 113 Å². The molecule has 1 unspecified atom stereocenters. The summed E-state index contributed by atoms with van der Waals surface area (Å²) in [5.74, 6) is -2.28. The van der Waals surface area contributed by atoms with Crippen molar-refractivity contribution < 1.29 is 49.0 Å². The maximum absolute atomic E-state index is 13.2. The van der Waals surface area contributed by atoms with Crippen molar-refractivity contribution in [3.63, 3.8) is 0 Å². The third-order valence-corrected chi connectivity index (χ3v) is 3.85. The molecule has 2 fully saturated rings. The average molecular weight is 307 g/mol. The van der Waals surface area contributed by atoms with Crippen LogP contribution in [0.1, 0.15) is 14.3 Å². The van der Waals surface area contributed by atoms with Gasteiger partial charge in [0.15, 0.2) is 0 Å². The fourth-order valence-corrected chi connectivity index (χ4v) is 2.81. The predicted molar refractivity (Wildman–Crippen MR) is 66.2 cm³/mol. The van der Waals surface area contributed by atoms with Crippen molar-refractivity contribution in [3.8, 4) is 0 Å². The molecular weight excluding hydrogens is 292 g/mol. The third-order valence-electron chi connectivity index (χ3n) is 3.85. The van der Waals surface area contributed by atoms with Crippen LogP contribution in [0.25, 0.3) is 0 Å². The normalized spacial score (nSPS) is 28.0. The van der Waals surface area contributed by atoms with Gasteiger partial charge in [0, 0.05) is 0 Å². The van der Waals surface area contributed by atoms with Crippen molar-refractivity contribution >= 4 is 17.9 Å². The van der Waals surface area contributed by atoms with Crippen LogP contribution in [0.4, 0.5) is 9.18 Å². The summed E-state index contributed by atoms with van der Waals surface area (Å²) in [5, 5.41) is 9.19. The molecule has 1 aliphatic carbocycles. The van der Waals surface area contributed by atoms with E-state index < -0.39 is 36.3 Å². The minimum absolute atomic E-state index is 0. The molecule has 0 spiro atoms. The van der Waals surface area contributed by atoms with Crippen LogP contribution in [-0.4, -0.2) is 58.0 Å². The van der Waals surface area contributed by atoms with Crippen LogP contribution < -0.4 is 24.6 Å². The number of fused-ring (bicyclic) bond motifs is 2. The van der Waals surface area contributed by atoms with Crippen LogP contribution in [0.3, 0.4) is 0 Å². The predicted octanol–water partition coefficient (Wildman–Crippen LogP) is -3.28. The number of carbonyl (C=O) groups is 3. The Morgan fingerprint density at radius 3 is 2.64 bits per heavy atom. The number of aliphatic carboxylic acids is 1. The molecule has 2 bridgehead atoms. The largest absolute Gasteiger partial charge is 1.00 e. The van der Waals surface area contributed by atoms with Crippen LogP contribution in [0.5, 0.6) is 0 Å². The van der Waals surface area contributed by atoms with Crippen molar-refractivity contribution in [2.24, 2.45) is 11.7 Å². The number of primary amides is 1. The SMILES string of the molecule is NC(=O)[C@@H]1C(C2CC2)=C[C@@H]2CN1C(=O)N2OC(F)C(=O)O.[H-].[Li+]. The van der Waals surface area contributed by atoms with Gasteiger partial charge < -0.3 is 17.2 Å². The van der Waals surface area contributed by atoms with E-state index in [1.54, 1.807) is 6.08 Å². The molecule has 3 amide bonds. The Morgan fingerprint density at radius 2 is 2.14 bits per heavy atom. The molecule has 8 nitrogen and oxygen atoms in total. The molecule has 0 radical (unpaired) electrons. The molecule has 116 valence electrons. The number of carboxylic acids is 1. The van der Waals surface area contributed by atoms with Gasteiger partial charge in [-0.15, -0.1) is 0 Å². The van der Waals surface area contributed by atoms with E-state index in [1.165, 1.54) is 4.90 Å². The number of nitrogens with two attached hydrogens (primary N) is 1. The van der Waals surface area contributed by atoms with Crippen molar-refractivity contribution in [2.45, 2.75) is 31.3 Å². The smallest absolute Gasteiger partial charge is 1.00 e. The molecule has 2 aliphatic heterocycles. The second kappa shape index (κ2) is 5.91. The zero-order valence-electron chi connectivity index (χ0n) is 12.9. The van der Waals surface area contributed by atoms with Gasteiger partial charge in [0.1, 0.15) is 6.04 Å². The number of rotatable bonds is 5. The summed E-state index contributed by atoms with van der Waals surface area (Å²) >= 11 is 0. The second-order valence-corrected chi connectivity index (χ2v) is 5.33. The number of amides is 3. The molecule has 1 saturated carbocycles. The Balaban J connectivity index is 0.00000132. The summed E-state index contributed by atoms with van der Waals surface area (Å²) in [6, 6.07) is -2.22. The van der Waals surface area contributed by atoms with E-state index in [0.717, 1.165) is 18.4 Å². The standard InChI is InChI=1S/C12H14FN3O5.Li.H/c13-9(11(18)19)21-16-6-3-7(5-1-2-5)8(10(14)17)15(4-6)12(16)20;;/h3,5-6,8-9H,1-2,4H2,(H2,14,17)(H,18,19);;/q;+1;-1/t6-,8+,9?;;/m1../s1. The zero-order chi connectivity index (χ0) is 15.3. The molecule has 3 N–H and O–H groups in total. The molecule has 0 aromatic rings. The van der Waals surface area contributed by atoms with Crippen LogP contribution in [0, 0.1) is 5.92 Å². The number of alkyl halides is 1. The minimum Gasteiger partial charge on any atom is -1.00 e. The van der Waals surface area contributed by atoms with Crippen LogP contribution >= 0.6 is 0 Å². The van der Waals surface area contributed by atoms with Gasteiger partial charge in [0.05, 0.1) is 12.6 Å². The van der Waals surface area contributed by atoms with Gasteiger partial charge in [0.2, 0.25) is 5.91 Å². The monoisotopic (exact) mass is 307 g/mol. The van der Waals surface area contributed by atoms with Crippen LogP contribution in [-0.2, 0) is 14.4 Å². The molecule has 3 rings (SSSR count). The van der Waals surface area contributed by atoms with Crippen molar-refractivity contribution in [1.82, 2.24) is 9.96 Å².